The van der Waals surface area contributed by atoms with Crippen LogP contribution in [0, 0.1) is 5.92 Å². The van der Waals surface area contributed by atoms with Gasteiger partial charge in [-0.2, -0.15) is 13.2 Å². The van der Waals surface area contributed by atoms with Crippen LogP contribution in [-0.4, -0.2) is 27.3 Å². The van der Waals surface area contributed by atoms with Crippen molar-refractivity contribution in [2.24, 2.45) is 5.92 Å². The Labute approximate surface area is 144 Å². The molecule has 2 aromatic heterocycles. The molecule has 0 N–H and O–H groups in total. The van der Waals surface area contributed by atoms with Crippen LogP contribution in [0.1, 0.15) is 35.3 Å². The zero-order valence-electron chi connectivity index (χ0n) is 12.6. The molecule has 2 aromatic rings. The Morgan fingerprint density at radius 2 is 1.80 bits per heavy atom. The number of rotatable bonds is 2. The van der Waals surface area contributed by atoms with Crippen molar-refractivity contribution in [2.45, 2.75) is 25.4 Å². The third-order valence-corrected chi connectivity index (χ3v) is 4.13. The van der Waals surface area contributed by atoms with Crippen molar-refractivity contribution in [2.75, 3.05) is 0 Å². The Morgan fingerprint density at radius 1 is 1.16 bits per heavy atom. The molecule has 0 amide bonds. The first-order chi connectivity index (χ1) is 11.7. The van der Waals surface area contributed by atoms with Crippen molar-refractivity contribution < 1.29 is 27.6 Å². The van der Waals surface area contributed by atoms with Crippen molar-refractivity contribution >= 4 is 40.0 Å². The number of ketones is 3. The molecule has 1 fully saturated rings. The van der Waals surface area contributed by atoms with Crippen LogP contribution >= 0.6 is 11.6 Å². The van der Waals surface area contributed by atoms with E-state index in [0.717, 1.165) is 12.3 Å². The molecular weight excluding hydrogens is 361 g/mol. The molecule has 0 bridgehead atoms. The summed E-state index contributed by atoms with van der Waals surface area (Å²) in [4.78, 5) is 43.5. The summed E-state index contributed by atoms with van der Waals surface area (Å²) < 4.78 is 40.0. The zero-order chi connectivity index (χ0) is 18.4. The van der Waals surface area contributed by atoms with Crippen molar-refractivity contribution in [1.82, 2.24) is 9.97 Å². The maximum absolute atomic E-state index is 13.3. The van der Waals surface area contributed by atoms with Crippen LogP contribution in [0.25, 0.3) is 11.0 Å². The number of fused-ring (bicyclic) bond motifs is 1. The quantitative estimate of drug-likeness (QED) is 0.598. The number of alkyl halides is 3. The van der Waals surface area contributed by atoms with E-state index in [9.17, 15) is 27.6 Å². The number of pyridine rings is 2. The highest BCUT2D eigenvalue weighted by Gasteiger charge is 2.43. The lowest BCUT2D eigenvalue weighted by molar-refractivity contribution is -0.142. The molecule has 25 heavy (non-hydrogen) atoms. The second-order valence-corrected chi connectivity index (χ2v) is 6.10. The van der Waals surface area contributed by atoms with Gasteiger partial charge in [-0.25, -0.2) is 9.97 Å². The molecule has 0 aromatic carbocycles. The molecule has 9 heteroatoms. The van der Waals surface area contributed by atoms with E-state index in [-0.39, 0.29) is 28.9 Å². The van der Waals surface area contributed by atoms with Crippen LogP contribution in [0.5, 0.6) is 0 Å². The van der Waals surface area contributed by atoms with Gasteiger partial charge in [-0.05, 0) is 18.6 Å². The van der Waals surface area contributed by atoms with Crippen molar-refractivity contribution in [3.63, 3.8) is 0 Å². The number of aromatic nitrogens is 2. The Hall–Kier alpha value is -2.35. The highest BCUT2D eigenvalue weighted by Crippen LogP contribution is 2.34. The summed E-state index contributed by atoms with van der Waals surface area (Å²) in [6, 6.07) is 2.24. The molecule has 0 aliphatic heterocycles. The molecular formula is C16H10ClF3N2O3. The van der Waals surface area contributed by atoms with E-state index in [1.165, 1.54) is 6.07 Å². The van der Waals surface area contributed by atoms with Crippen LogP contribution in [-0.2, 0) is 15.8 Å². The second-order valence-electron chi connectivity index (χ2n) is 5.67. The molecule has 3 rings (SSSR count). The van der Waals surface area contributed by atoms with Crippen LogP contribution in [0.4, 0.5) is 13.2 Å². The molecule has 0 saturated heterocycles. The predicted molar refractivity (Wildman–Crippen MR) is 81.2 cm³/mol. The Kier molecular flexibility index (Phi) is 4.32. The van der Waals surface area contributed by atoms with Crippen LogP contribution in [0.3, 0.4) is 0 Å². The molecule has 1 aliphatic carbocycles. The van der Waals surface area contributed by atoms with Gasteiger partial charge in [0.2, 0.25) is 0 Å². The summed E-state index contributed by atoms with van der Waals surface area (Å²) in [7, 11) is 0. The predicted octanol–water partition coefficient (Wildman–Crippen LogP) is 3.42. The highest BCUT2D eigenvalue weighted by molar-refractivity contribution is 6.31. The third-order valence-electron chi connectivity index (χ3n) is 3.92. The van der Waals surface area contributed by atoms with Crippen LogP contribution in [0.15, 0.2) is 18.3 Å². The maximum atomic E-state index is 13.3. The van der Waals surface area contributed by atoms with E-state index < -0.39 is 40.7 Å². The minimum absolute atomic E-state index is 0.0160. The standard InChI is InChI=1S/C16H10ClF3N2O3/c17-8-4-7-5-9(13(25)12-10(23)2-1-3-11(12)24)14(16(18,19)20)22-15(7)21-6-8/h4-6,12H,1-3H2. The van der Waals surface area contributed by atoms with Crippen molar-refractivity contribution in [3.05, 3.63) is 34.6 Å². The van der Waals surface area contributed by atoms with Gasteiger partial charge < -0.3 is 0 Å². The first-order valence-electron chi connectivity index (χ1n) is 7.31. The number of hydrogen-bond donors (Lipinski definition) is 0. The van der Waals surface area contributed by atoms with Crippen molar-refractivity contribution in [3.8, 4) is 0 Å². The molecule has 0 radical (unpaired) electrons. The van der Waals surface area contributed by atoms with Crippen LogP contribution < -0.4 is 0 Å². The highest BCUT2D eigenvalue weighted by atomic mass is 35.5. The summed E-state index contributed by atoms with van der Waals surface area (Å²) >= 11 is 5.77. The Balaban J connectivity index is 2.20. The normalized spacial score (nSPS) is 16.5. The van der Waals surface area contributed by atoms with Gasteiger partial charge in [0.15, 0.2) is 28.7 Å². The van der Waals surface area contributed by atoms with Gasteiger partial charge in [0.25, 0.3) is 0 Å². The minimum atomic E-state index is -4.94. The molecule has 130 valence electrons. The minimum Gasteiger partial charge on any atom is -0.298 e. The first kappa shape index (κ1) is 17.5. The largest absolute Gasteiger partial charge is 0.434 e. The van der Waals surface area contributed by atoms with E-state index in [1.54, 1.807) is 0 Å². The zero-order valence-corrected chi connectivity index (χ0v) is 13.3. The second kappa shape index (κ2) is 6.18. The third kappa shape index (κ3) is 3.26. The number of nitrogens with zero attached hydrogens (tertiary/aromatic N) is 2. The molecule has 5 nitrogen and oxygen atoms in total. The number of carbonyl (C=O) groups excluding carboxylic acids is 3. The summed E-state index contributed by atoms with van der Waals surface area (Å²) in [6.45, 7) is 0. The van der Waals surface area contributed by atoms with E-state index in [1.807, 2.05) is 0 Å². The topological polar surface area (TPSA) is 77.0 Å². The average Bonchev–Trinajstić information content (AvgIpc) is 2.52. The lowest BCUT2D eigenvalue weighted by atomic mass is 9.81. The molecule has 1 aliphatic rings. The average molecular weight is 371 g/mol. The monoisotopic (exact) mass is 370 g/mol. The summed E-state index contributed by atoms with van der Waals surface area (Å²) in [6.07, 6.45) is -3.55. The van der Waals surface area contributed by atoms with E-state index >= 15 is 0 Å². The van der Waals surface area contributed by atoms with Crippen molar-refractivity contribution in [1.29, 1.82) is 0 Å². The summed E-state index contributed by atoms with van der Waals surface area (Å²) in [5.74, 6) is -4.23. The SMILES string of the molecule is O=C1CCCC(=O)C1C(=O)c1cc2cc(Cl)cnc2nc1C(F)(F)F. The fraction of sp³-hybridized carbons (Fsp3) is 0.312. The first-order valence-corrected chi connectivity index (χ1v) is 7.69. The van der Waals surface area contributed by atoms with Gasteiger partial charge >= 0.3 is 6.18 Å². The number of carbonyl (C=O) groups is 3. The number of hydrogen-bond acceptors (Lipinski definition) is 5. The number of halogens is 4. The number of Topliss-reactive ketones (excluding diaryl/α,β-unsaturated/α-hetero) is 3. The smallest absolute Gasteiger partial charge is 0.298 e. The van der Waals surface area contributed by atoms with Gasteiger partial charge in [-0.1, -0.05) is 11.6 Å². The Morgan fingerprint density at radius 3 is 2.40 bits per heavy atom. The fourth-order valence-electron chi connectivity index (χ4n) is 2.79. The fourth-order valence-corrected chi connectivity index (χ4v) is 2.96. The van der Waals surface area contributed by atoms with E-state index in [0.29, 0.717) is 6.42 Å². The molecule has 1 saturated carbocycles. The Bertz CT molecular complexity index is 895. The maximum Gasteiger partial charge on any atom is 0.434 e. The summed E-state index contributed by atoms with van der Waals surface area (Å²) in [5, 5.41) is 0.261. The lowest BCUT2D eigenvalue weighted by Crippen LogP contribution is -2.36. The van der Waals surface area contributed by atoms with Gasteiger partial charge in [0.05, 0.1) is 10.6 Å². The molecule has 0 atom stereocenters. The van der Waals surface area contributed by atoms with E-state index in [2.05, 4.69) is 9.97 Å². The van der Waals surface area contributed by atoms with Gasteiger partial charge in [0, 0.05) is 24.4 Å². The van der Waals surface area contributed by atoms with Gasteiger partial charge in [-0.3, -0.25) is 14.4 Å². The molecule has 2 heterocycles. The van der Waals surface area contributed by atoms with Gasteiger partial charge in [-0.15, -0.1) is 0 Å². The lowest BCUT2D eigenvalue weighted by Gasteiger charge is -2.20. The molecule has 0 unspecified atom stereocenters. The summed E-state index contributed by atoms with van der Waals surface area (Å²) in [5.41, 5.74) is -2.53. The van der Waals surface area contributed by atoms with Gasteiger partial charge in [0.1, 0.15) is 5.92 Å². The van der Waals surface area contributed by atoms with Crippen LogP contribution in [0.2, 0.25) is 5.02 Å². The van der Waals surface area contributed by atoms with E-state index in [4.69, 9.17) is 11.6 Å². The molecule has 0 spiro atoms.